The van der Waals surface area contributed by atoms with Gasteiger partial charge < -0.3 is 30.6 Å². The molecule has 6 N–H and O–H groups in total. The van der Waals surface area contributed by atoms with Gasteiger partial charge in [0.25, 0.3) is 0 Å². The molecule has 6 nitrogen and oxygen atoms in total. The third-order valence-electron chi connectivity index (χ3n) is 1.64. The van der Waals surface area contributed by atoms with E-state index in [0.29, 0.717) is 19.3 Å². The van der Waals surface area contributed by atoms with Crippen LogP contribution in [-0.4, -0.2) is 55.9 Å². The first-order valence-corrected chi connectivity index (χ1v) is 6.32. The minimum Gasteiger partial charge on any atom is -0.396 e. The average molecular weight is 270 g/mol. The summed E-state index contributed by atoms with van der Waals surface area (Å²) in [6.45, 7) is 5.53. The van der Waals surface area contributed by atoms with Crippen molar-refractivity contribution in [3.05, 3.63) is 0 Å². The summed E-state index contributed by atoms with van der Waals surface area (Å²) in [5.74, 6) is 0. The van der Waals surface area contributed by atoms with Crippen LogP contribution in [0.4, 0.5) is 0 Å². The maximum absolute atomic E-state index is 8.39. The fourth-order valence-corrected chi connectivity index (χ4v) is 0.703. The molecule has 1 atom stereocenters. The molecule has 0 saturated heterocycles. The molecule has 0 aromatic carbocycles. The standard InChI is InChI=1S/3C4H10O2/c1-4(6)2-3-5;2*1-2-3-4(5)6/h3*4-6H,2-3H2,1H3. The molecular formula is C12H30O6. The zero-order valence-electron chi connectivity index (χ0n) is 11.7. The van der Waals surface area contributed by atoms with Gasteiger partial charge in [-0.3, -0.25) is 0 Å². The Kier molecular flexibility index (Phi) is 24.3. The molecular weight excluding hydrogens is 240 g/mol. The number of aliphatic hydroxyl groups excluding tert-OH is 4. The summed E-state index contributed by atoms with van der Waals surface area (Å²) >= 11 is 0. The molecule has 0 aliphatic rings. The lowest BCUT2D eigenvalue weighted by molar-refractivity contribution is -0.0460. The van der Waals surface area contributed by atoms with Gasteiger partial charge in [-0.05, 0) is 26.2 Å². The summed E-state index contributed by atoms with van der Waals surface area (Å²) in [6.07, 6.45) is 0.565. The van der Waals surface area contributed by atoms with E-state index in [9.17, 15) is 0 Å². The molecule has 0 spiro atoms. The van der Waals surface area contributed by atoms with Crippen LogP contribution in [0.3, 0.4) is 0 Å². The van der Waals surface area contributed by atoms with Crippen LogP contribution in [0.5, 0.6) is 0 Å². The first-order chi connectivity index (χ1) is 8.31. The molecule has 1 unspecified atom stereocenters. The highest BCUT2D eigenvalue weighted by Crippen LogP contribution is 1.88. The third kappa shape index (κ3) is 44.7. The quantitative estimate of drug-likeness (QED) is 0.376. The van der Waals surface area contributed by atoms with Crippen LogP contribution in [0.2, 0.25) is 0 Å². The fraction of sp³-hybridized carbons (Fsp3) is 1.00. The van der Waals surface area contributed by atoms with Crippen molar-refractivity contribution in [2.75, 3.05) is 6.61 Å². The van der Waals surface area contributed by atoms with E-state index >= 15 is 0 Å². The minimum absolute atomic E-state index is 0.0810. The molecule has 0 amide bonds. The average Bonchev–Trinajstić information content (AvgIpc) is 2.18. The number of rotatable bonds is 6. The largest absolute Gasteiger partial charge is 0.396 e. The third-order valence-corrected chi connectivity index (χ3v) is 1.64. The Morgan fingerprint density at radius 3 is 1.06 bits per heavy atom. The number of aliphatic hydroxyl groups is 6. The topological polar surface area (TPSA) is 121 Å². The van der Waals surface area contributed by atoms with Crippen molar-refractivity contribution in [3.8, 4) is 0 Å². The Morgan fingerprint density at radius 2 is 1.06 bits per heavy atom. The molecule has 0 saturated carbocycles. The predicted molar refractivity (Wildman–Crippen MR) is 69.7 cm³/mol. The van der Waals surface area contributed by atoms with Crippen molar-refractivity contribution < 1.29 is 30.6 Å². The van der Waals surface area contributed by atoms with E-state index in [2.05, 4.69) is 0 Å². The highest BCUT2D eigenvalue weighted by atomic mass is 16.5. The van der Waals surface area contributed by atoms with Crippen LogP contribution in [0, 0.1) is 0 Å². The molecule has 114 valence electrons. The van der Waals surface area contributed by atoms with Crippen molar-refractivity contribution in [2.24, 2.45) is 0 Å². The number of hydrogen-bond donors (Lipinski definition) is 6. The summed E-state index contributed by atoms with van der Waals surface area (Å²) in [5.41, 5.74) is 0. The maximum Gasteiger partial charge on any atom is 0.151 e. The van der Waals surface area contributed by atoms with Gasteiger partial charge in [-0.1, -0.05) is 26.7 Å². The van der Waals surface area contributed by atoms with E-state index in [1.165, 1.54) is 0 Å². The van der Waals surface area contributed by atoms with Crippen molar-refractivity contribution in [3.63, 3.8) is 0 Å². The Hall–Kier alpha value is -0.240. The summed E-state index contributed by atoms with van der Waals surface area (Å²) in [4.78, 5) is 0. The van der Waals surface area contributed by atoms with Crippen LogP contribution in [-0.2, 0) is 0 Å². The van der Waals surface area contributed by atoms with Crippen molar-refractivity contribution >= 4 is 0 Å². The highest BCUT2D eigenvalue weighted by molar-refractivity contribution is 4.40. The predicted octanol–water partition coefficient (Wildman–Crippen LogP) is -0.0560. The zero-order chi connectivity index (χ0) is 15.0. The maximum atomic E-state index is 8.39. The molecule has 0 aromatic rings. The van der Waals surface area contributed by atoms with E-state index in [0.717, 1.165) is 12.8 Å². The molecule has 0 heterocycles. The van der Waals surface area contributed by atoms with Crippen LogP contribution in [0.25, 0.3) is 0 Å². The van der Waals surface area contributed by atoms with Crippen LogP contribution < -0.4 is 0 Å². The number of hydrogen-bond acceptors (Lipinski definition) is 6. The SMILES string of the molecule is CC(O)CCO.CCCC(O)O.CCCC(O)O. The summed E-state index contributed by atoms with van der Waals surface area (Å²) in [6, 6.07) is 0. The van der Waals surface area contributed by atoms with E-state index in [1.54, 1.807) is 6.92 Å². The van der Waals surface area contributed by atoms with Crippen molar-refractivity contribution in [2.45, 2.75) is 71.6 Å². The lowest BCUT2D eigenvalue weighted by Crippen LogP contribution is -2.01. The normalized spacial score (nSPS) is 11.5. The van der Waals surface area contributed by atoms with Gasteiger partial charge in [0.15, 0.2) is 12.6 Å². The zero-order valence-corrected chi connectivity index (χ0v) is 11.7. The summed E-state index contributed by atoms with van der Waals surface area (Å²) in [5, 5.41) is 48.9. The molecule has 6 heteroatoms. The second kappa shape index (κ2) is 19.1. The molecule has 0 rings (SSSR count). The van der Waals surface area contributed by atoms with E-state index in [4.69, 9.17) is 30.6 Å². The lowest BCUT2D eigenvalue weighted by atomic mass is 10.3. The Morgan fingerprint density at radius 1 is 0.722 bits per heavy atom. The summed E-state index contributed by atoms with van der Waals surface area (Å²) in [7, 11) is 0. The smallest absolute Gasteiger partial charge is 0.151 e. The summed E-state index contributed by atoms with van der Waals surface area (Å²) < 4.78 is 0. The van der Waals surface area contributed by atoms with Gasteiger partial charge >= 0.3 is 0 Å². The second-order valence-electron chi connectivity index (χ2n) is 3.90. The van der Waals surface area contributed by atoms with Gasteiger partial charge in [0.1, 0.15) is 0 Å². The van der Waals surface area contributed by atoms with Crippen molar-refractivity contribution in [1.29, 1.82) is 0 Å². The molecule has 0 radical (unpaired) electrons. The van der Waals surface area contributed by atoms with Gasteiger partial charge in [-0.15, -0.1) is 0 Å². The van der Waals surface area contributed by atoms with Gasteiger partial charge in [-0.2, -0.15) is 0 Å². The lowest BCUT2D eigenvalue weighted by Gasteiger charge is -1.95. The minimum atomic E-state index is -1.10. The molecule has 0 aliphatic heterocycles. The van der Waals surface area contributed by atoms with E-state index in [1.807, 2.05) is 13.8 Å². The molecule has 18 heavy (non-hydrogen) atoms. The van der Waals surface area contributed by atoms with Gasteiger partial charge in [-0.25, -0.2) is 0 Å². The van der Waals surface area contributed by atoms with Crippen LogP contribution >= 0.6 is 0 Å². The molecule has 0 fully saturated rings. The highest BCUT2D eigenvalue weighted by Gasteiger charge is 1.89. The first kappa shape index (κ1) is 22.9. The van der Waals surface area contributed by atoms with Gasteiger partial charge in [0.2, 0.25) is 0 Å². The van der Waals surface area contributed by atoms with E-state index in [-0.39, 0.29) is 12.7 Å². The Balaban J connectivity index is -0.000000187. The van der Waals surface area contributed by atoms with E-state index < -0.39 is 12.6 Å². The fourth-order valence-electron chi connectivity index (χ4n) is 0.703. The first-order valence-electron chi connectivity index (χ1n) is 6.32. The van der Waals surface area contributed by atoms with Crippen molar-refractivity contribution in [1.82, 2.24) is 0 Å². The van der Waals surface area contributed by atoms with Gasteiger partial charge in [0, 0.05) is 6.61 Å². The monoisotopic (exact) mass is 270 g/mol. The Bertz CT molecular complexity index is 104. The molecule has 0 aliphatic carbocycles. The van der Waals surface area contributed by atoms with Crippen LogP contribution in [0.1, 0.15) is 52.9 Å². The Labute approximate surface area is 110 Å². The second-order valence-corrected chi connectivity index (χ2v) is 3.90. The van der Waals surface area contributed by atoms with Gasteiger partial charge in [0.05, 0.1) is 6.10 Å². The molecule has 0 bridgehead atoms. The van der Waals surface area contributed by atoms with Crippen LogP contribution in [0.15, 0.2) is 0 Å². The molecule has 0 aromatic heterocycles.